The van der Waals surface area contributed by atoms with Crippen molar-refractivity contribution in [2.24, 2.45) is 0 Å². The molecular weight excluding hydrogens is 454 g/mol. The Labute approximate surface area is 204 Å². The lowest BCUT2D eigenvalue weighted by molar-refractivity contribution is -0.137. The van der Waals surface area contributed by atoms with E-state index in [1.807, 2.05) is 0 Å². The fourth-order valence-electron chi connectivity index (χ4n) is 3.69. The number of amides is 3. The first-order valence-electron chi connectivity index (χ1n) is 11.9. The Balaban J connectivity index is 1.93. The minimum Gasteiger partial charge on any atom is -0.463 e. The normalized spacial score (nSPS) is 14.5. The molecule has 1 fully saturated rings. The average Bonchev–Trinajstić information content (AvgIpc) is 3.32. The Morgan fingerprint density at radius 2 is 1.94 bits per heavy atom. The molecule has 1 saturated heterocycles. The molecule has 0 bridgehead atoms. The predicted octanol–water partition coefficient (Wildman–Crippen LogP) is 0.403. The molecule has 192 valence electrons. The van der Waals surface area contributed by atoms with Crippen LogP contribution in [0.4, 0.5) is 5.69 Å². The molecule has 0 spiro atoms. The fraction of sp³-hybridized carbons (Fsp3) is 0.542. The van der Waals surface area contributed by atoms with E-state index in [-0.39, 0.29) is 31.2 Å². The van der Waals surface area contributed by atoms with Crippen LogP contribution in [0.1, 0.15) is 39.5 Å². The van der Waals surface area contributed by atoms with E-state index in [9.17, 15) is 24.0 Å². The smallest absolute Gasteiger partial charge is 0.330 e. The highest BCUT2D eigenvalue weighted by Gasteiger charge is 2.20. The van der Waals surface area contributed by atoms with Gasteiger partial charge >= 0.3 is 5.97 Å². The number of pyridine rings is 1. The van der Waals surface area contributed by atoms with Crippen LogP contribution in [0.2, 0.25) is 0 Å². The molecule has 0 radical (unpaired) electrons. The van der Waals surface area contributed by atoms with Gasteiger partial charge in [0.2, 0.25) is 17.7 Å². The molecule has 3 N–H and O–H groups in total. The predicted molar refractivity (Wildman–Crippen MR) is 131 cm³/mol. The molecule has 1 unspecified atom stereocenters. The number of allylic oxidation sites excluding steroid dienone is 1. The summed E-state index contributed by atoms with van der Waals surface area (Å²) in [5.74, 6) is -1.76. The van der Waals surface area contributed by atoms with Crippen LogP contribution in [-0.2, 0) is 30.5 Å². The number of ether oxygens (including phenoxy) is 1. The quantitative estimate of drug-likeness (QED) is 0.269. The van der Waals surface area contributed by atoms with Gasteiger partial charge in [0.25, 0.3) is 5.56 Å². The number of hydrogen-bond donors (Lipinski definition) is 3. The van der Waals surface area contributed by atoms with Crippen molar-refractivity contribution < 1.29 is 23.9 Å². The number of nitrogens with one attached hydrogen (secondary N) is 3. The van der Waals surface area contributed by atoms with E-state index in [0.717, 1.165) is 19.6 Å². The topological polar surface area (TPSA) is 139 Å². The molecule has 11 nitrogen and oxygen atoms in total. The number of nitrogens with zero attached hydrogens (tertiary/aromatic N) is 2. The summed E-state index contributed by atoms with van der Waals surface area (Å²) in [7, 11) is 0. The zero-order valence-corrected chi connectivity index (χ0v) is 20.4. The Hall–Kier alpha value is -3.47. The third-order valence-electron chi connectivity index (χ3n) is 5.40. The van der Waals surface area contributed by atoms with Crippen molar-refractivity contribution in [1.82, 2.24) is 20.1 Å². The maximum atomic E-state index is 12.8. The molecule has 1 aliphatic rings. The van der Waals surface area contributed by atoms with Crippen LogP contribution in [0.25, 0.3) is 0 Å². The van der Waals surface area contributed by atoms with E-state index in [0.29, 0.717) is 13.0 Å². The molecule has 0 saturated carbocycles. The second kappa shape index (κ2) is 14.7. The summed E-state index contributed by atoms with van der Waals surface area (Å²) in [4.78, 5) is 63.0. The van der Waals surface area contributed by atoms with Crippen LogP contribution in [0, 0.1) is 0 Å². The zero-order valence-electron chi connectivity index (χ0n) is 20.4. The molecule has 1 aromatic heterocycles. The highest BCUT2D eigenvalue weighted by Crippen LogP contribution is 2.06. The minimum atomic E-state index is -0.915. The van der Waals surface area contributed by atoms with Crippen LogP contribution in [0.5, 0.6) is 0 Å². The first-order chi connectivity index (χ1) is 16.8. The summed E-state index contributed by atoms with van der Waals surface area (Å²) >= 11 is 0. The molecule has 0 aromatic carbocycles. The van der Waals surface area contributed by atoms with E-state index in [1.165, 1.54) is 42.7 Å². The Morgan fingerprint density at radius 1 is 1.20 bits per heavy atom. The van der Waals surface area contributed by atoms with Crippen LogP contribution < -0.4 is 21.5 Å². The first kappa shape index (κ1) is 27.8. The molecule has 3 amide bonds. The molecule has 0 aliphatic carbocycles. The number of rotatable bonds is 13. The van der Waals surface area contributed by atoms with Gasteiger partial charge in [-0.1, -0.05) is 6.08 Å². The summed E-state index contributed by atoms with van der Waals surface area (Å²) < 4.78 is 6.01. The molecule has 2 heterocycles. The lowest BCUT2D eigenvalue weighted by Gasteiger charge is -2.17. The maximum absolute atomic E-state index is 12.8. The standard InChI is InChI=1S/C24H35N5O6/c1-3-35-22(32)11-5-4-9-19(26-18(2)30)23(33)27-20-10-8-15-29(24(20)34)17-21(31)25-12-16-28-13-6-7-14-28/h5,8,10-11,15,19H,3-4,6-7,9,12-14,16-17H2,1-2H3,(H,25,31)(H,26,30)(H,27,33)/b11-5+. The van der Waals surface area contributed by atoms with Gasteiger partial charge < -0.3 is 30.2 Å². The van der Waals surface area contributed by atoms with Crippen molar-refractivity contribution in [3.63, 3.8) is 0 Å². The van der Waals surface area contributed by atoms with Gasteiger partial charge in [0, 0.05) is 32.3 Å². The summed E-state index contributed by atoms with van der Waals surface area (Å²) in [6.45, 7) is 6.43. The molecule has 1 atom stereocenters. The molecule has 1 aromatic rings. The summed E-state index contributed by atoms with van der Waals surface area (Å²) in [6.07, 6.45) is 7.18. The fourth-order valence-corrected chi connectivity index (χ4v) is 3.69. The van der Waals surface area contributed by atoms with Gasteiger partial charge in [-0.05, 0) is 57.8 Å². The van der Waals surface area contributed by atoms with Gasteiger partial charge in [-0.2, -0.15) is 0 Å². The highest BCUT2D eigenvalue weighted by molar-refractivity contribution is 5.96. The molecule has 1 aliphatic heterocycles. The zero-order chi connectivity index (χ0) is 25.6. The molecular formula is C24H35N5O6. The van der Waals surface area contributed by atoms with E-state index in [1.54, 1.807) is 19.1 Å². The summed E-state index contributed by atoms with van der Waals surface area (Å²) in [6, 6.07) is 2.08. The highest BCUT2D eigenvalue weighted by atomic mass is 16.5. The van der Waals surface area contributed by atoms with Gasteiger partial charge in [-0.15, -0.1) is 0 Å². The number of hydrogen-bond acceptors (Lipinski definition) is 7. The van der Waals surface area contributed by atoms with E-state index in [4.69, 9.17) is 4.74 Å². The van der Waals surface area contributed by atoms with Gasteiger partial charge in [-0.25, -0.2) is 4.79 Å². The van der Waals surface area contributed by atoms with Gasteiger partial charge in [0.05, 0.1) is 6.61 Å². The van der Waals surface area contributed by atoms with E-state index in [2.05, 4.69) is 20.9 Å². The number of aromatic nitrogens is 1. The van der Waals surface area contributed by atoms with Crippen LogP contribution >= 0.6 is 0 Å². The number of anilines is 1. The lowest BCUT2D eigenvalue weighted by atomic mass is 10.1. The van der Waals surface area contributed by atoms with E-state index < -0.39 is 29.4 Å². The van der Waals surface area contributed by atoms with Crippen molar-refractivity contribution in [1.29, 1.82) is 0 Å². The van der Waals surface area contributed by atoms with Crippen molar-refractivity contribution in [3.8, 4) is 0 Å². The number of carbonyl (C=O) groups excluding carboxylic acids is 4. The minimum absolute atomic E-state index is 0.000200. The third kappa shape index (κ3) is 10.1. The maximum Gasteiger partial charge on any atom is 0.330 e. The first-order valence-corrected chi connectivity index (χ1v) is 11.9. The van der Waals surface area contributed by atoms with Crippen LogP contribution in [0.3, 0.4) is 0 Å². The summed E-state index contributed by atoms with van der Waals surface area (Å²) in [5.41, 5.74) is -0.529. The monoisotopic (exact) mass is 489 g/mol. The molecule has 2 rings (SSSR count). The Bertz CT molecular complexity index is 967. The van der Waals surface area contributed by atoms with Crippen molar-refractivity contribution in [2.75, 3.05) is 38.1 Å². The van der Waals surface area contributed by atoms with Crippen molar-refractivity contribution in [2.45, 2.75) is 52.1 Å². The van der Waals surface area contributed by atoms with E-state index >= 15 is 0 Å². The number of esters is 1. The number of carbonyl (C=O) groups is 4. The lowest BCUT2D eigenvalue weighted by Crippen LogP contribution is -2.44. The van der Waals surface area contributed by atoms with Gasteiger partial charge in [0.15, 0.2) is 0 Å². The second-order valence-electron chi connectivity index (χ2n) is 8.23. The molecule has 35 heavy (non-hydrogen) atoms. The van der Waals surface area contributed by atoms with Crippen molar-refractivity contribution in [3.05, 3.63) is 40.8 Å². The van der Waals surface area contributed by atoms with Crippen molar-refractivity contribution >= 4 is 29.4 Å². The molecule has 11 heteroatoms. The Kier molecular flexibility index (Phi) is 11.7. The van der Waals surface area contributed by atoms with Gasteiger partial charge in [-0.3, -0.25) is 19.2 Å². The third-order valence-corrected chi connectivity index (χ3v) is 5.40. The van der Waals surface area contributed by atoms with Crippen LogP contribution in [-0.4, -0.2) is 72.0 Å². The number of likely N-dealkylation sites (tertiary alicyclic amines) is 1. The van der Waals surface area contributed by atoms with Crippen LogP contribution in [0.15, 0.2) is 35.3 Å². The average molecular weight is 490 g/mol. The van der Waals surface area contributed by atoms with Gasteiger partial charge in [0.1, 0.15) is 18.3 Å². The Morgan fingerprint density at radius 3 is 2.63 bits per heavy atom. The SMILES string of the molecule is CCOC(=O)/C=C/CCC(NC(C)=O)C(=O)Nc1cccn(CC(=O)NCCN2CCCC2)c1=O. The second-order valence-corrected chi connectivity index (χ2v) is 8.23. The largest absolute Gasteiger partial charge is 0.463 e. The summed E-state index contributed by atoms with van der Waals surface area (Å²) in [5, 5.41) is 7.90.